The standard InChI is InChI=1S/C16H26N4/c1-5-11-18-16(17-3)19-12-14(2)20(4)13-15-9-7-6-8-10-15/h5-10,14H,1,11-13H2,2-4H3,(H2,17,18,19). The van der Waals surface area contributed by atoms with Crippen LogP contribution in [-0.4, -0.2) is 44.1 Å². The largest absolute Gasteiger partial charge is 0.355 e. The van der Waals surface area contributed by atoms with Crippen LogP contribution in [-0.2, 0) is 6.54 Å². The lowest BCUT2D eigenvalue weighted by atomic mass is 10.2. The molecule has 4 heteroatoms. The molecule has 0 aliphatic carbocycles. The summed E-state index contributed by atoms with van der Waals surface area (Å²) in [5.74, 6) is 0.810. The van der Waals surface area contributed by atoms with Crippen LogP contribution in [0.2, 0.25) is 0 Å². The molecule has 1 unspecified atom stereocenters. The smallest absolute Gasteiger partial charge is 0.191 e. The highest BCUT2D eigenvalue weighted by Gasteiger charge is 2.10. The van der Waals surface area contributed by atoms with E-state index in [-0.39, 0.29) is 0 Å². The molecule has 0 fully saturated rings. The fourth-order valence-electron chi connectivity index (χ4n) is 1.82. The van der Waals surface area contributed by atoms with Gasteiger partial charge in [-0.3, -0.25) is 9.89 Å². The van der Waals surface area contributed by atoms with E-state index >= 15 is 0 Å². The van der Waals surface area contributed by atoms with Gasteiger partial charge in [-0.25, -0.2) is 0 Å². The van der Waals surface area contributed by atoms with Crippen LogP contribution < -0.4 is 10.6 Å². The second kappa shape index (κ2) is 9.15. The Morgan fingerprint density at radius 3 is 2.65 bits per heavy atom. The van der Waals surface area contributed by atoms with Gasteiger partial charge < -0.3 is 10.6 Å². The van der Waals surface area contributed by atoms with Gasteiger partial charge in [0.05, 0.1) is 0 Å². The molecule has 4 nitrogen and oxygen atoms in total. The molecule has 0 aromatic heterocycles. The number of nitrogens with one attached hydrogen (secondary N) is 2. The van der Waals surface area contributed by atoms with Gasteiger partial charge in [-0.2, -0.15) is 0 Å². The van der Waals surface area contributed by atoms with Gasteiger partial charge >= 0.3 is 0 Å². The molecule has 0 bridgehead atoms. The predicted octanol–water partition coefficient (Wildman–Crippen LogP) is 1.86. The summed E-state index contributed by atoms with van der Waals surface area (Å²) in [6.07, 6.45) is 1.82. The van der Waals surface area contributed by atoms with Crippen LogP contribution in [0.15, 0.2) is 48.0 Å². The van der Waals surface area contributed by atoms with Crippen molar-refractivity contribution in [2.75, 3.05) is 27.2 Å². The van der Waals surface area contributed by atoms with E-state index in [0.29, 0.717) is 12.6 Å². The number of hydrogen-bond donors (Lipinski definition) is 2. The highest BCUT2D eigenvalue weighted by molar-refractivity contribution is 5.79. The minimum atomic E-state index is 0.414. The molecule has 1 aromatic rings. The second-order valence-electron chi connectivity index (χ2n) is 4.87. The van der Waals surface area contributed by atoms with Gasteiger partial charge in [-0.15, -0.1) is 6.58 Å². The summed E-state index contributed by atoms with van der Waals surface area (Å²) >= 11 is 0. The van der Waals surface area contributed by atoms with Crippen LogP contribution in [0, 0.1) is 0 Å². The first-order valence-corrected chi connectivity index (χ1v) is 6.97. The van der Waals surface area contributed by atoms with Crippen molar-refractivity contribution in [3.63, 3.8) is 0 Å². The van der Waals surface area contributed by atoms with Gasteiger partial charge in [0.2, 0.25) is 0 Å². The molecular formula is C16H26N4. The average Bonchev–Trinajstić information content (AvgIpc) is 2.48. The Morgan fingerprint density at radius 2 is 2.05 bits per heavy atom. The van der Waals surface area contributed by atoms with Gasteiger partial charge in [0.25, 0.3) is 0 Å². The van der Waals surface area contributed by atoms with Crippen molar-refractivity contribution in [2.24, 2.45) is 4.99 Å². The third-order valence-electron chi connectivity index (χ3n) is 3.23. The molecule has 1 rings (SSSR count). The van der Waals surface area contributed by atoms with Crippen LogP contribution in [0.3, 0.4) is 0 Å². The zero-order valence-corrected chi connectivity index (χ0v) is 12.8. The molecule has 0 saturated carbocycles. The Hall–Kier alpha value is -1.81. The van der Waals surface area contributed by atoms with Crippen molar-refractivity contribution >= 4 is 5.96 Å². The Balaban J connectivity index is 2.37. The molecule has 20 heavy (non-hydrogen) atoms. The minimum absolute atomic E-state index is 0.414. The lowest BCUT2D eigenvalue weighted by Crippen LogP contribution is -2.44. The Kier molecular flexibility index (Phi) is 7.43. The van der Waals surface area contributed by atoms with E-state index in [1.54, 1.807) is 7.05 Å². The summed E-state index contributed by atoms with van der Waals surface area (Å²) in [4.78, 5) is 6.49. The van der Waals surface area contributed by atoms with Crippen molar-refractivity contribution in [3.8, 4) is 0 Å². The van der Waals surface area contributed by atoms with Crippen LogP contribution in [0.1, 0.15) is 12.5 Å². The first-order chi connectivity index (χ1) is 9.67. The normalized spacial score (nSPS) is 13.1. The van der Waals surface area contributed by atoms with Crippen molar-refractivity contribution in [1.29, 1.82) is 0 Å². The molecule has 0 heterocycles. The number of aliphatic imine (C=N–C) groups is 1. The maximum atomic E-state index is 4.17. The molecule has 0 saturated heterocycles. The molecular weight excluding hydrogens is 248 g/mol. The minimum Gasteiger partial charge on any atom is -0.355 e. The maximum Gasteiger partial charge on any atom is 0.191 e. The monoisotopic (exact) mass is 274 g/mol. The van der Waals surface area contributed by atoms with Crippen LogP contribution in [0.4, 0.5) is 0 Å². The Labute approximate surface area is 122 Å². The summed E-state index contributed by atoms with van der Waals surface area (Å²) in [7, 11) is 3.91. The lowest BCUT2D eigenvalue weighted by molar-refractivity contribution is 0.249. The number of guanidine groups is 1. The molecule has 1 atom stereocenters. The van der Waals surface area contributed by atoms with E-state index in [9.17, 15) is 0 Å². The summed E-state index contributed by atoms with van der Waals surface area (Å²) in [6, 6.07) is 10.9. The third kappa shape index (κ3) is 5.89. The highest BCUT2D eigenvalue weighted by atomic mass is 15.2. The third-order valence-corrected chi connectivity index (χ3v) is 3.23. The molecule has 2 N–H and O–H groups in total. The number of likely N-dealkylation sites (N-methyl/N-ethyl adjacent to an activating group) is 1. The van der Waals surface area contributed by atoms with E-state index in [4.69, 9.17) is 0 Å². The molecule has 0 spiro atoms. The summed E-state index contributed by atoms with van der Waals surface area (Å²) < 4.78 is 0. The maximum absolute atomic E-state index is 4.17. The predicted molar refractivity (Wildman–Crippen MR) is 86.9 cm³/mol. The number of benzene rings is 1. The zero-order valence-electron chi connectivity index (χ0n) is 12.8. The number of rotatable bonds is 7. The van der Waals surface area contributed by atoms with E-state index in [0.717, 1.165) is 19.0 Å². The zero-order chi connectivity index (χ0) is 14.8. The SMILES string of the molecule is C=CCNC(=NC)NCC(C)N(C)Cc1ccccc1. The number of nitrogens with zero attached hydrogens (tertiary/aromatic N) is 2. The lowest BCUT2D eigenvalue weighted by Gasteiger charge is -2.25. The quantitative estimate of drug-likeness (QED) is 0.453. The Bertz CT molecular complexity index is 414. The summed E-state index contributed by atoms with van der Waals surface area (Å²) in [5, 5.41) is 6.49. The van der Waals surface area contributed by atoms with Gasteiger partial charge in [-0.05, 0) is 19.5 Å². The molecule has 0 aliphatic rings. The second-order valence-corrected chi connectivity index (χ2v) is 4.87. The molecule has 0 radical (unpaired) electrons. The fourth-order valence-corrected chi connectivity index (χ4v) is 1.82. The van der Waals surface area contributed by atoms with Crippen molar-refractivity contribution < 1.29 is 0 Å². The topological polar surface area (TPSA) is 39.7 Å². The van der Waals surface area contributed by atoms with E-state index in [1.807, 2.05) is 12.1 Å². The van der Waals surface area contributed by atoms with E-state index in [2.05, 4.69) is 65.3 Å². The van der Waals surface area contributed by atoms with Gasteiger partial charge in [-0.1, -0.05) is 36.4 Å². The van der Waals surface area contributed by atoms with Gasteiger partial charge in [0.1, 0.15) is 0 Å². The van der Waals surface area contributed by atoms with Crippen LogP contribution >= 0.6 is 0 Å². The van der Waals surface area contributed by atoms with Crippen LogP contribution in [0.5, 0.6) is 0 Å². The van der Waals surface area contributed by atoms with Crippen molar-refractivity contribution in [2.45, 2.75) is 19.5 Å². The van der Waals surface area contributed by atoms with E-state index in [1.165, 1.54) is 5.56 Å². The number of hydrogen-bond acceptors (Lipinski definition) is 2. The average molecular weight is 274 g/mol. The first kappa shape index (κ1) is 16.2. The van der Waals surface area contributed by atoms with E-state index < -0.39 is 0 Å². The van der Waals surface area contributed by atoms with Crippen molar-refractivity contribution in [1.82, 2.24) is 15.5 Å². The molecule has 0 amide bonds. The van der Waals surface area contributed by atoms with Gasteiger partial charge in [0, 0.05) is 32.7 Å². The summed E-state index contributed by atoms with van der Waals surface area (Å²) in [5.41, 5.74) is 1.33. The fraction of sp³-hybridized carbons (Fsp3) is 0.438. The molecule has 1 aromatic carbocycles. The van der Waals surface area contributed by atoms with Crippen molar-refractivity contribution in [3.05, 3.63) is 48.6 Å². The summed E-state index contributed by atoms with van der Waals surface area (Å²) in [6.45, 7) is 8.40. The highest BCUT2D eigenvalue weighted by Crippen LogP contribution is 2.05. The van der Waals surface area contributed by atoms with Crippen LogP contribution in [0.25, 0.3) is 0 Å². The molecule has 0 aliphatic heterocycles. The Morgan fingerprint density at radius 1 is 1.35 bits per heavy atom. The molecule has 110 valence electrons. The van der Waals surface area contributed by atoms with Gasteiger partial charge in [0.15, 0.2) is 5.96 Å². The first-order valence-electron chi connectivity index (χ1n) is 6.97.